The molecule has 21 heavy (non-hydrogen) atoms. The number of phenols is 1. The number of nitrogens with one attached hydrogen (secondary N) is 2. The number of sulfonamides is 1. The summed E-state index contributed by atoms with van der Waals surface area (Å²) in [5.41, 5.74) is 0.287. The fourth-order valence-electron chi connectivity index (χ4n) is 2.00. The van der Waals surface area contributed by atoms with Crippen molar-refractivity contribution in [2.24, 2.45) is 0 Å². The van der Waals surface area contributed by atoms with Crippen molar-refractivity contribution in [1.29, 1.82) is 0 Å². The van der Waals surface area contributed by atoms with Crippen molar-refractivity contribution in [3.63, 3.8) is 0 Å². The summed E-state index contributed by atoms with van der Waals surface area (Å²) < 4.78 is 26.9. The Hall–Kier alpha value is -2.25. The number of anilines is 1. The summed E-state index contributed by atoms with van der Waals surface area (Å²) in [6.07, 6.45) is 2.47. The number of rotatable bonds is 3. The highest BCUT2D eigenvalue weighted by molar-refractivity contribution is 7.92. The highest BCUT2D eigenvalue weighted by Gasteiger charge is 2.18. The van der Waals surface area contributed by atoms with Gasteiger partial charge in [0, 0.05) is 17.0 Å². The minimum absolute atomic E-state index is 0.00998. The molecule has 0 spiro atoms. The third-order valence-corrected chi connectivity index (χ3v) is 4.62. The molecule has 1 heterocycles. The zero-order valence-electron chi connectivity index (χ0n) is 10.5. The van der Waals surface area contributed by atoms with Crippen LogP contribution in [0.1, 0.15) is 0 Å². The van der Waals surface area contributed by atoms with E-state index in [4.69, 9.17) is 11.6 Å². The van der Waals surface area contributed by atoms with E-state index in [-0.39, 0.29) is 21.4 Å². The summed E-state index contributed by atoms with van der Waals surface area (Å²) >= 11 is 5.94. The first kappa shape index (κ1) is 13.7. The molecule has 1 aromatic heterocycles. The molecule has 3 aromatic rings. The van der Waals surface area contributed by atoms with Crippen molar-refractivity contribution in [2.75, 3.05) is 4.72 Å². The Morgan fingerprint density at radius 3 is 2.62 bits per heavy atom. The molecule has 0 aliphatic carbocycles. The number of nitrogens with zero attached hydrogens (tertiary/aromatic N) is 1. The van der Waals surface area contributed by atoms with Gasteiger partial charge < -0.3 is 5.11 Å². The van der Waals surface area contributed by atoms with Gasteiger partial charge in [0.25, 0.3) is 10.0 Å². The molecule has 6 nitrogen and oxygen atoms in total. The Kier molecular flexibility index (Phi) is 3.23. The van der Waals surface area contributed by atoms with Gasteiger partial charge in [-0.2, -0.15) is 5.10 Å². The lowest BCUT2D eigenvalue weighted by Crippen LogP contribution is -2.12. The SMILES string of the molecule is O=S(=O)(Nc1cc(Cl)c(O)c2ccccc12)c1cn[nH]c1. The Labute approximate surface area is 125 Å². The largest absolute Gasteiger partial charge is 0.506 e. The van der Waals surface area contributed by atoms with E-state index in [0.29, 0.717) is 10.8 Å². The maximum Gasteiger partial charge on any atom is 0.265 e. The van der Waals surface area contributed by atoms with Crippen molar-refractivity contribution in [1.82, 2.24) is 10.2 Å². The van der Waals surface area contributed by atoms with Gasteiger partial charge in [0.05, 0.1) is 16.9 Å². The van der Waals surface area contributed by atoms with Crippen LogP contribution in [0.3, 0.4) is 0 Å². The molecule has 0 saturated carbocycles. The maximum atomic E-state index is 12.2. The number of phenolic OH excluding ortho intramolecular Hbond substituents is 1. The highest BCUT2D eigenvalue weighted by Crippen LogP contribution is 2.38. The van der Waals surface area contributed by atoms with Gasteiger partial charge in [-0.15, -0.1) is 0 Å². The maximum absolute atomic E-state index is 12.2. The molecule has 0 aliphatic heterocycles. The molecule has 0 atom stereocenters. The summed E-state index contributed by atoms with van der Waals surface area (Å²) in [6, 6.07) is 8.19. The molecule has 3 rings (SSSR count). The molecule has 8 heteroatoms. The molecular weight excluding hydrogens is 314 g/mol. The van der Waals surface area contributed by atoms with Crippen molar-refractivity contribution in [3.8, 4) is 5.75 Å². The van der Waals surface area contributed by atoms with Crippen molar-refractivity contribution in [2.45, 2.75) is 4.90 Å². The third kappa shape index (κ3) is 2.41. The number of aromatic hydroxyl groups is 1. The van der Waals surface area contributed by atoms with Crippen LogP contribution in [0.4, 0.5) is 5.69 Å². The average molecular weight is 324 g/mol. The normalized spacial score (nSPS) is 11.7. The minimum atomic E-state index is -3.78. The summed E-state index contributed by atoms with van der Waals surface area (Å²) in [6.45, 7) is 0. The molecule has 0 saturated heterocycles. The number of hydrogen-bond donors (Lipinski definition) is 3. The van der Waals surface area contributed by atoms with Crippen molar-refractivity contribution < 1.29 is 13.5 Å². The third-order valence-electron chi connectivity index (χ3n) is 3.00. The van der Waals surface area contributed by atoms with E-state index in [9.17, 15) is 13.5 Å². The lowest BCUT2D eigenvalue weighted by molar-refractivity contribution is 0.482. The van der Waals surface area contributed by atoms with Gasteiger partial charge >= 0.3 is 0 Å². The van der Waals surface area contributed by atoms with Gasteiger partial charge in [0.15, 0.2) is 0 Å². The van der Waals surface area contributed by atoms with E-state index >= 15 is 0 Å². The predicted octanol–water partition coefficient (Wildman–Crippen LogP) is 2.72. The fourth-order valence-corrected chi connectivity index (χ4v) is 3.19. The van der Waals surface area contributed by atoms with Crippen LogP contribution in [-0.2, 0) is 10.0 Å². The fraction of sp³-hybridized carbons (Fsp3) is 0. The first-order valence-electron chi connectivity index (χ1n) is 5.91. The Morgan fingerprint density at radius 2 is 1.95 bits per heavy atom. The van der Waals surface area contributed by atoms with Crippen LogP contribution < -0.4 is 4.72 Å². The van der Waals surface area contributed by atoms with Gasteiger partial charge in [-0.3, -0.25) is 9.82 Å². The van der Waals surface area contributed by atoms with E-state index < -0.39 is 10.0 Å². The quantitative estimate of drug-likeness (QED) is 0.646. The molecular formula is C13H10ClN3O3S. The molecule has 0 amide bonds. The standard InChI is InChI=1S/C13H10ClN3O3S/c14-11-5-12(9-3-1-2-4-10(9)13(11)18)17-21(19,20)8-6-15-16-7-8/h1-7,17-18H,(H,15,16). The van der Waals surface area contributed by atoms with Crippen LogP contribution in [0.2, 0.25) is 5.02 Å². The summed E-state index contributed by atoms with van der Waals surface area (Å²) in [4.78, 5) is 0.00998. The molecule has 0 aliphatic rings. The highest BCUT2D eigenvalue weighted by atomic mass is 35.5. The number of benzene rings is 2. The van der Waals surface area contributed by atoms with Gasteiger partial charge in [-0.05, 0) is 6.07 Å². The summed E-state index contributed by atoms with van der Waals surface area (Å²) in [5, 5.41) is 17.1. The van der Waals surface area contributed by atoms with Crippen LogP contribution in [0, 0.1) is 0 Å². The molecule has 3 N–H and O–H groups in total. The first-order valence-corrected chi connectivity index (χ1v) is 7.77. The number of aromatic nitrogens is 2. The summed E-state index contributed by atoms with van der Waals surface area (Å²) in [5.74, 6) is -0.0847. The molecule has 0 radical (unpaired) electrons. The second-order valence-electron chi connectivity index (χ2n) is 4.34. The Morgan fingerprint density at radius 1 is 1.24 bits per heavy atom. The van der Waals surface area contributed by atoms with Gasteiger partial charge in [-0.25, -0.2) is 8.42 Å². The van der Waals surface area contributed by atoms with Crippen molar-refractivity contribution in [3.05, 3.63) is 47.7 Å². The smallest absolute Gasteiger partial charge is 0.265 e. The zero-order valence-corrected chi connectivity index (χ0v) is 12.1. The molecule has 0 unspecified atom stereocenters. The molecule has 0 bridgehead atoms. The second-order valence-corrected chi connectivity index (χ2v) is 6.43. The predicted molar refractivity (Wildman–Crippen MR) is 80.0 cm³/mol. The minimum Gasteiger partial charge on any atom is -0.506 e. The van der Waals surface area contributed by atoms with Crippen LogP contribution >= 0.6 is 11.6 Å². The molecule has 0 fully saturated rings. The number of halogens is 1. The number of hydrogen-bond acceptors (Lipinski definition) is 4. The van der Waals surface area contributed by atoms with Gasteiger partial charge in [0.1, 0.15) is 10.6 Å². The topological polar surface area (TPSA) is 95.1 Å². The van der Waals surface area contributed by atoms with Crippen LogP contribution in [-0.4, -0.2) is 23.7 Å². The van der Waals surface area contributed by atoms with E-state index in [0.717, 1.165) is 0 Å². The Balaban J connectivity index is 2.16. The number of aromatic amines is 1. The summed E-state index contributed by atoms with van der Waals surface area (Å²) in [7, 11) is -3.78. The average Bonchev–Trinajstić information content (AvgIpc) is 2.99. The first-order chi connectivity index (χ1) is 9.99. The van der Waals surface area contributed by atoms with E-state index in [2.05, 4.69) is 14.9 Å². The zero-order chi connectivity index (χ0) is 15.0. The van der Waals surface area contributed by atoms with Crippen LogP contribution in [0.5, 0.6) is 5.75 Å². The van der Waals surface area contributed by atoms with E-state index in [1.165, 1.54) is 18.5 Å². The number of fused-ring (bicyclic) bond motifs is 1. The van der Waals surface area contributed by atoms with Crippen molar-refractivity contribution >= 4 is 38.1 Å². The van der Waals surface area contributed by atoms with Crippen LogP contribution in [0.15, 0.2) is 47.6 Å². The van der Waals surface area contributed by atoms with Gasteiger partial charge in [0.2, 0.25) is 0 Å². The Bertz CT molecular complexity index is 908. The lowest BCUT2D eigenvalue weighted by Gasteiger charge is -2.12. The molecule has 108 valence electrons. The van der Waals surface area contributed by atoms with E-state index in [1.54, 1.807) is 24.3 Å². The van der Waals surface area contributed by atoms with Crippen LogP contribution in [0.25, 0.3) is 10.8 Å². The number of H-pyrrole nitrogens is 1. The monoisotopic (exact) mass is 323 g/mol. The lowest BCUT2D eigenvalue weighted by atomic mass is 10.1. The second kappa shape index (κ2) is 4.94. The van der Waals surface area contributed by atoms with Gasteiger partial charge in [-0.1, -0.05) is 35.9 Å². The molecule has 2 aromatic carbocycles. The van der Waals surface area contributed by atoms with E-state index in [1.807, 2.05) is 0 Å².